The molecule has 0 aliphatic carbocycles. The van der Waals surface area contributed by atoms with Crippen LogP contribution in [-0.2, 0) is 9.59 Å². The molecule has 156 valence electrons. The van der Waals surface area contributed by atoms with Gasteiger partial charge in [0.2, 0.25) is 0 Å². The minimum atomic E-state index is -1.31. The lowest BCUT2D eigenvalue weighted by atomic mass is 10.1. The summed E-state index contributed by atoms with van der Waals surface area (Å²) in [6, 6.07) is 6.82. The van der Waals surface area contributed by atoms with Gasteiger partial charge in [0.1, 0.15) is 12.1 Å². The Balaban J connectivity index is 1.56. The molecule has 2 unspecified atom stereocenters. The Bertz CT molecular complexity index is 1060. The van der Waals surface area contributed by atoms with Crippen molar-refractivity contribution >= 4 is 56.2 Å². The average molecular weight is 492 g/mol. The van der Waals surface area contributed by atoms with E-state index >= 15 is 0 Å². The van der Waals surface area contributed by atoms with Gasteiger partial charge in [-0.3, -0.25) is 14.0 Å². The fraction of sp³-hybridized carbons (Fsp3) is 0.263. The van der Waals surface area contributed by atoms with Crippen LogP contribution in [0, 0.1) is 0 Å². The van der Waals surface area contributed by atoms with Crippen LogP contribution in [0.25, 0.3) is 4.96 Å². The summed E-state index contributed by atoms with van der Waals surface area (Å²) in [6.45, 7) is 0.374. The molecule has 4 rings (SSSR count). The molecule has 2 N–H and O–H groups in total. The van der Waals surface area contributed by atoms with Gasteiger partial charge in [0.05, 0.1) is 22.3 Å². The lowest BCUT2D eigenvalue weighted by Crippen LogP contribution is -2.49. The topological polar surface area (TPSA) is 107 Å². The number of thiazole rings is 1. The zero-order chi connectivity index (χ0) is 21.3. The largest absolute Gasteiger partial charge is 0.465 e. The fourth-order valence-electron chi connectivity index (χ4n) is 3.56. The summed E-state index contributed by atoms with van der Waals surface area (Å²) < 4.78 is 3.08. The molecule has 1 saturated heterocycles. The number of halogens is 1. The van der Waals surface area contributed by atoms with Crippen molar-refractivity contribution in [3.63, 3.8) is 0 Å². The third kappa shape index (κ3) is 3.90. The van der Waals surface area contributed by atoms with Gasteiger partial charge in [-0.2, -0.15) is 0 Å². The number of hydrogen-bond donors (Lipinski definition) is 2. The first-order valence-corrected chi connectivity index (χ1v) is 10.8. The van der Waals surface area contributed by atoms with Crippen LogP contribution in [0.1, 0.15) is 24.4 Å². The second-order valence-corrected chi connectivity index (χ2v) is 8.38. The van der Waals surface area contributed by atoms with Crippen LogP contribution in [0.5, 0.6) is 0 Å². The van der Waals surface area contributed by atoms with Gasteiger partial charge in [-0.05, 0) is 18.4 Å². The van der Waals surface area contributed by atoms with Gasteiger partial charge in [-0.25, -0.2) is 13.7 Å². The van der Waals surface area contributed by atoms with E-state index in [1.165, 1.54) is 20.2 Å². The molecule has 0 bridgehead atoms. The van der Waals surface area contributed by atoms with Crippen molar-refractivity contribution in [1.82, 2.24) is 19.6 Å². The standard InChI is InChI=1S/C19H18BrN5O4S/c20-25(14-11-23-9-10-30-18(23)21-14)16(26)13-7-4-8-24(13)17(27)15(22-19(28)29)12-5-2-1-3-6-12/h1-3,5-6,9-11,13,15,22H,4,7-8H2,(H,28,29). The fourth-order valence-corrected chi connectivity index (χ4v) is 4.67. The van der Waals surface area contributed by atoms with Gasteiger partial charge in [-0.1, -0.05) is 30.3 Å². The van der Waals surface area contributed by atoms with E-state index in [2.05, 4.69) is 26.4 Å². The molecule has 11 heteroatoms. The highest BCUT2D eigenvalue weighted by Crippen LogP contribution is 2.28. The van der Waals surface area contributed by atoms with Crippen LogP contribution in [0.2, 0.25) is 0 Å². The first-order valence-electron chi connectivity index (χ1n) is 9.22. The molecule has 9 nitrogen and oxygen atoms in total. The number of imidazole rings is 1. The summed E-state index contributed by atoms with van der Waals surface area (Å²) in [6.07, 6.45) is 3.40. The number of nitrogens with zero attached hydrogens (tertiary/aromatic N) is 4. The normalized spacial score (nSPS) is 17.1. The highest BCUT2D eigenvalue weighted by molar-refractivity contribution is 9.10. The number of anilines is 1. The van der Waals surface area contributed by atoms with Crippen LogP contribution in [0.3, 0.4) is 0 Å². The van der Waals surface area contributed by atoms with E-state index in [-0.39, 0.29) is 5.91 Å². The minimum absolute atomic E-state index is 0.325. The van der Waals surface area contributed by atoms with Crippen molar-refractivity contribution in [2.45, 2.75) is 24.9 Å². The smallest absolute Gasteiger partial charge is 0.405 e. The van der Waals surface area contributed by atoms with Gasteiger partial charge >= 0.3 is 6.09 Å². The summed E-state index contributed by atoms with van der Waals surface area (Å²) in [5.74, 6) is -0.352. The average Bonchev–Trinajstić information content (AvgIpc) is 3.46. The second kappa shape index (κ2) is 8.44. The molecule has 1 fully saturated rings. The van der Waals surface area contributed by atoms with Crippen molar-refractivity contribution in [2.75, 3.05) is 10.5 Å². The van der Waals surface area contributed by atoms with Crippen molar-refractivity contribution in [2.24, 2.45) is 0 Å². The molecular formula is C19H18BrN5O4S. The van der Waals surface area contributed by atoms with E-state index in [1.54, 1.807) is 40.9 Å². The first kappa shape index (κ1) is 20.4. The number of carbonyl (C=O) groups is 3. The SMILES string of the molecule is O=C(O)NC(C(=O)N1CCCC1C(=O)N(Br)c1cn2ccsc2n1)c1ccccc1. The van der Waals surface area contributed by atoms with Crippen LogP contribution in [0.4, 0.5) is 10.6 Å². The van der Waals surface area contributed by atoms with Gasteiger partial charge in [-0.15, -0.1) is 11.3 Å². The Labute approximate surface area is 184 Å². The van der Waals surface area contributed by atoms with Crippen molar-refractivity contribution in [1.29, 1.82) is 0 Å². The van der Waals surface area contributed by atoms with E-state index in [4.69, 9.17) is 0 Å². The monoisotopic (exact) mass is 491 g/mol. The number of rotatable bonds is 5. The zero-order valence-electron chi connectivity index (χ0n) is 15.6. The molecule has 0 saturated carbocycles. The third-order valence-electron chi connectivity index (χ3n) is 4.94. The molecule has 0 radical (unpaired) electrons. The maximum Gasteiger partial charge on any atom is 0.405 e. The number of fused-ring (bicyclic) bond motifs is 1. The van der Waals surface area contributed by atoms with E-state index in [0.29, 0.717) is 30.8 Å². The summed E-state index contributed by atoms with van der Waals surface area (Å²) >= 11 is 4.73. The van der Waals surface area contributed by atoms with E-state index in [9.17, 15) is 19.5 Å². The van der Waals surface area contributed by atoms with Gasteiger partial charge in [0, 0.05) is 18.1 Å². The number of hydrogen-bond acceptors (Lipinski definition) is 5. The highest BCUT2D eigenvalue weighted by atomic mass is 79.9. The maximum absolute atomic E-state index is 13.3. The third-order valence-corrected chi connectivity index (χ3v) is 6.43. The van der Waals surface area contributed by atoms with Crippen molar-refractivity contribution < 1.29 is 19.5 Å². The highest BCUT2D eigenvalue weighted by Gasteiger charge is 2.40. The predicted octanol–water partition coefficient (Wildman–Crippen LogP) is 3.04. The Morgan fingerprint density at radius 3 is 2.77 bits per heavy atom. The number of carbonyl (C=O) groups excluding carboxylic acids is 2. The Kier molecular flexibility index (Phi) is 5.73. The molecule has 30 heavy (non-hydrogen) atoms. The number of nitrogens with one attached hydrogen (secondary N) is 1. The first-order chi connectivity index (χ1) is 14.5. The molecule has 2 atom stereocenters. The zero-order valence-corrected chi connectivity index (χ0v) is 18.0. The summed E-state index contributed by atoms with van der Waals surface area (Å²) in [4.78, 5) is 44.3. The molecular weight excluding hydrogens is 474 g/mol. The maximum atomic E-state index is 13.3. The van der Waals surface area contributed by atoms with Crippen molar-refractivity contribution in [3.05, 3.63) is 53.7 Å². The van der Waals surface area contributed by atoms with Gasteiger partial charge in [0.25, 0.3) is 11.8 Å². The van der Waals surface area contributed by atoms with Crippen LogP contribution in [0.15, 0.2) is 48.1 Å². The Morgan fingerprint density at radius 2 is 2.07 bits per heavy atom. The Hall–Kier alpha value is -2.92. The van der Waals surface area contributed by atoms with Crippen LogP contribution in [-0.4, -0.2) is 49.9 Å². The quantitative estimate of drug-likeness (QED) is 0.533. The van der Waals surface area contributed by atoms with E-state index < -0.39 is 24.1 Å². The van der Waals surface area contributed by atoms with E-state index in [1.807, 2.05) is 11.6 Å². The molecule has 1 aliphatic rings. The molecule has 3 aromatic rings. The summed E-state index contributed by atoms with van der Waals surface area (Å²) in [5.41, 5.74) is 0.521. The molecule has 1 aromatic carbocycles. The van der Waals surface area contributed by atoms with E-state index in [0.717, 1.165) is 4.96 Å². The molecule has 2 aromatic heterocycles. The molecule has 0 spiro atoms. The minimum Gasteiger partial charge on any atom is -0.465 e. The summed E-state index contributed by atoms with van der Waals surface area (Å²) in [5, 5.41) is 13.4. The van der Waals surface area contributed by atoms with Crippen LogP contribution < -0.4 is 9.24 Å². The predicted molar refractivity (Wildman–Crippen MR) is 115 cm³/mol. The Morgan fingerprint density at radius 1 is 1.30 bits per heavy atom. The summed E-state index contributed by atoms with van der Waals surface area (Å²) in [7, 11) is 0. The van der Waals surface area contributed by atoms with Gasteiger partial charge in [0.15, 0.2) is 10.8 Å². The number of likely N-dealkylation sites (tertiary alicyclic amines) is 1. The molecule has 3 heterocycles. The van der Waals surface area contributed by atoms with Crippen molar-refractivity contribution in [3.8, 4) is 0 Å². The van der Waals surface area contributed by atoms with Crippen LogP contribution >= 0.6 is 27.5 Å². The molecule has 1 aliphatic heterocycles. The number of aromatic nitrogens is 2. The molecule has 3 amide bonds. The van der Waals surface area contributed by atoms with Gasteiger partial charge < -0.3 is 15.3 Å². The lowest BCUT2D eigenvalue weighted by Gasteiger charge is -2.29. The second-order valence-electron chi connectivity index (χ2n) is 6.79. The number of amides is 3. The lowest BCUT2D eigenvalue weighted by molar-refractivity contribution is -0.138. The number of carboxylic acid groups (broad SMARTS) is 1. The number of benzene rings is 1.